The number of benzene rings is 2. The van der Waals surface area contributed by atoms with Gasteiger partial charge in [0.1, 0.15) is 4.90 Å². The number of primary sulfonamides is 1. The van der Waals surface area contributed by atoms with Crippen LogP contribution in [0.3, 0.4) is 0 Å². The van der Waals surface area contributed by atoms with Crippen LogP contribution in [0.5, 0.6) is 0 Å². The lowest BCUT2D eigenvalue weighted by Gasteiger charge is -2.19. The number of hydrogen-bond donors (Lipinski definition) is 3. The third kappa shape index (κ3) is 3.69. The van der Waals surface area contributed by atoms with E-state index in [1.807, 2.05) is 6.07 Å². The number of thiazole rings is 1. The van der Waals surface area contributed by atoms with Crippen molar-refractivity contribution in [1.29, 1.82) is 0 Å². The molecule has 1 aromatic heterocycles. The van der Waals surface area contributed by atoms with Gasteiger partial charge >= 0.3 is 0 Å². The average molecular weight is 494 g/mol. The zero-order valence-electron chi connectivity index (χ0n) is 16.8. The van der Waals surface area contributed by atoms with Crippen molar-refractivity contribution in [2.75, 3.05) is 18.9 Å². The van der Waals surface area contributed by atoms with E-state index < -0.39 is 34.9 Å². The van der Waals surface area contributed by atoms with Crippen LogP contribution in [-0.2, 0) is 19.9 Å². The normalized spacial score (nSPS) is 15.3. The number of para-hydroxylation sites is 1. The van der Waals surface area contributed by atoms with E-state index in [0.29, 0.717) is 21.8 Å². The van der Waals surface area contributed by atoms with Crippen LogP contribution in [0.2, 0.25) is 0 Å². The minimum absolute atomic E-state index is 0.0249. The fraction of sp³-hybridized carbons (Fsp3) is 0.222. The maximum atomic E-state index is 13.1. The van der Waals surface area contributed by atoms with Crippen LogP contribution in [-0.4, -0.2) is 46.1 Å². The van der Waals surface area contributed by atoms with Crippen molar-refractivity contribution in [3.8, 4) is 11.1 Å². The summed E-state index contributed by atoms with van der Waals surface area (Å²) in [6.07, 6.45) is 0. The molecule has 32 heavy (non-hydrogen) atoms. The van der Waals surface area contributed by atoms with Gasteiger partial charge in [0.15, 0.2) is 27.5 Å². The summed E-state index contributed by atoms with van der Waals surface area (Å²) >= 11 is 1.26. The number of aromatic nitrogens is 1. The van der Waals surface area contributed by atoms with E-state index in [0.717, 1.165) is 4.70 Å². The van der Waals surface area contributed by atoms with E-state index in [-0.39, 0.29) is 24.6 Å². The number of rotatable bonds is 6. The van der Waals surface area contributed by atoms with Crippen LogP contribution in [0.25, 0.3) is 21.3 Å². The molecular weight excluding hydrogens is 474 g/mol. The molecular formula is C18H19N7O4S3. The molecule has 1 atom stereocenters. The van der Waals surface area contributed by atoms with Gasteiger partial charge in [-0.3, -0.25) is 0 Å². The van der Waals surface area contributed by atoms with E-state index in [1.165, 1.54) is 30.4 Å². The van der Waals surface area contributed by atoms with Gasteiger partial charge in [-0.25, -0.2) is 32.0 Å². The Bertz CT molecular complexity index is 1510. The SMILES string of the molecule is C[C@@H](CN)S(=O)(=O)c1ccc(-c2cccc3sc(N)nc23)c(C2=NCN=N2)c1S(N)(=O)=O. The summed E-state index contributed by atoms with van der Waals surface area (Å²) in [7, 11) is -8.69. The topological polar surface area (TPSA) is 196 Å². The first-order chi connectivity index (χ1) is 15.1. The largest absolute Gasteiger partial charge is 0.375 e. The van der Waals surface area contributed by atoms with Crippen molar-refractivity contribution in [1.82, 2.24) is 4.98 Å². The Morgan fingerprint density at radius 1 is 1.12 bits per heavy atom. The van der Waals surface area contributed by atoms with E-state index >= 15 is 0 Å². The van der Waals surface area contributed by atoms with Gasteiger partial charge < -0.3 is 11.5 Å². The van der Waals surface area contributed by atoms with Crippen molar-refractivity contribution in [2.24, 2.45) is 26.1 Å². The molecule has 0 saturated heterocycles. The smallest absolute Gasteiger partial charge is 0.240 e. The number of amidine groups is 1. The number of nitrogen functional groups attached to an aromatic ring is 1. The molecule has 3 aromatic rings. The summed E-state index contributed by atoms with van der Waals surface area (Å²) < 4.78 is 52.6. The molecule has 1 aliphatic heterocycles. The molecule has 6 N–H and O–H groups in total. The first-order valence-electron chi connectivity index (χ1n) is 9.27. The van der Waals surface area contributed by atoms with Gasteiger partial charge in [-0.15, -0.1) is 5.11 Å². The van der Waals surface area contributed by atoms with E-state index in [1.54, 1.807) is 12.1 Å². The summed E-state index contributed by atoms with van der Waals surface area (Å²) in [6, 6.07) is 8.00. The van der Waals surface area contributed by atoms with Crippen molar-refractivity contribution >= 4 is 52.4 Å². The Kier molecular flexibility index (Phi) is 5.58. The van der Waals surface area contributed by atoms with Gasteiger partial charge in [-0.1, -0.05) is 29.5 Å². The molecule has 0 unspecified atom stereocenters. The third-order valence-corrected chi connectivity index (χ3v) is 9.15. The Morgan fingerprint density at radius 3 is 2.50 bits per heavy atom. The van der Waals surface area contributed by atoms with Gasteiger partial charge in [-0.2, -0.15) is 5.11 Å². The van der Waals surface area contributed by atoms with E-state index in [2.05, 4.69) is 20.2 Å². The van der Waals surface area contributed by atoms with E-state index in [4.69, 9.17) is 16.6 Å². The molecule has 0 spiro atoms. The molecule has 0 aliphatic carbocycles. The van der Waals surface area contributed by atoms with Crippen LogP contribution in [0.4, 0.5) is 5.13 Å². The van der Waals surface area contributed by atoms with Crippen LogP contribution in [0.15, 0.2) is 55.3 Å². The second-order valence-electron chi connectivity index (χ2n) is 7.02. The van der Waals surface area contributed by atoms with Crippen LogP contribution >= 0.6 is 11.3 Å². The number of sulfonamides is 1. The summed E-state index contributed by atoms with van der Waals surface area (Å²) in [6.45, 7) is 1.16. The highest BCUT2D eigenvalue weighted by Gasteiger charge is 2.35. The molecule has 4 rings (SSSR count). The number of sulfone groups is 1. The first kappa shape index (κ1) is 22.4. The second kappa shape index (κ2) is 7.97. The highest BCUT2D eigenvalue weighted by Crippen LogP contribution is 2.39. The standard InChI is InChI=1S/C18H19N7O4S3/c1-9(7-19)31(26,27)13-6-5-10(11-3-2-4-12-15(11)24-18(20)30-12)14(16(13)32(21,28)29)17-22-8-23-25-17/h2-6,9H,7-8,19H2,1H3,(H2,20,24)(H2,21,28,29)/t9-/m0/s1. The molecule has 1 aliphatic rings. The number of nitrogens with zero attached hydrogens (tertiary/aromatic N) is 4. The quantitative estimate of drug-likeness (QED) is 0.462. The number of nitrogens with two attached hydrogens (primary N) is 3. The van der Waals surface area contributed by atoms with Gasteiger partial charge in [0.25, 0.3) is 0 Å². The highest BCUT2D eigenvalue weighted by atomic mass is 32.2. The van der Waals surface area contributed by atoms with Crippen molar-refractivity contribution < 1.29 is 16.8 Å². The Labute approximate surface area is 188 Å². The summed E-state index contributed by atoms with van der Waals surface area (Å²) in [5.41, 5.74) is 12.8. The van der Waals surface area contributed by atoms with Gasteiger partial charge in [0, 0.05) is 12.1 Å². The Hall–Kier alpha value is -2.78. The Morgan fingerprint density at radius 2 is 1.88 bits per heavy atom. The molecule has 0 saturated carbocycles. The van der Waals surface area contributed by atoms with Crippen LogP contribution < -0.4 is 16.6 Å². The number of azo groups is 1. The van der Waals surface area contributed by atoms with Crippen molar-refractivity contribution in [3.63, 3.8) is 0 Å². The van der Waals surface area contributed by atoms with Crippen molar-refractivity contribution in [2.45, 2.75) is 22.0 Å². The highest BCUT2D eigenvalue weighted by molar-refractivity contribution is 7.94. The summed E-state index contributed by atoms with van der Waals surface area (Å²) in [4.78, 5) is 7.42. The molecule has 0 amide bonds. The second-order valence-corrected chi connectivity index (χ2v) is 11.9. The predicted molar refractivity (Wildman–Crippen MR) is 123 cm³/mol. The number of aliphatic imine (C=N–C) groups is 1. The number of fused-ring (bicyclic) bond motifs is 1. The van der Waals surface area contributed by atoms with Crippen LogP contribution in [0, 0.1) is 0 Å². The minimum Gasteiger partial charge on any atom is -0.375 e. The molecule has 14 heteroatoms. The van der Waals surface area contributed by atoms with E-state index in [9.17, 15) is 16.8 Å². The lowest BCUT2D eigenvalue weighted by Crippen LogP contribution is -2.29. The summed E-state index contributed by atoms with van der Waals surface area (Å²) in [5.74, 6) is -0.0401. The fourth-order valence-electron chi connectivity index (χ4n) is 3.40. The third-order valence-electron chi connectivity index (χ3n) is 4.97. The average Bonchev–Trinajstić information content (AvgIpc) is 3.39. The lowest BCUT2D eigenvalue weighted by atomic mass is 9.98. The predicted octanol–water partition coefficient (Wildman–Crippen LogP) is 1.48. The molecule has 0 bridgehead atoms. The zero-order valence-corrected chi connectivity index (χ0v) is 19.2. The fourth-order valence-corrected chi connectivity index (χ4v) is 7.00. The molecule has 2 aromatic carbocycles. The lowest BCUT2D eigenvalue weighted by molar-refractivity contribution is 0.575. The molecule has 0 fully saturated rings. The molecule has 168 valence electrons. The Balaban J connectivity index is 2.17. The maximum Gasteiger partial charge on any atom is 0.240 e. The maximum absolute atomic E-state index is 13.1. The summed E-state index contributed by atoms with van der Waals surface area (Å²) in [5, 5.41) is 12.6. The number of hydrogen-bond acceptors (Lipinski definition) is 11. The van der Waals surface area contributed by atoms with Gasteiger partial charge in [0.2, 0.25) is 10.0 Å². The van der Waals surface area contributed by atoms with Gasteiger partial charge in [-0.05, 0) is 24.6 Å². The zero-order chi connectivity index (χ0) is 23.3. The number of anilines is 1. The minimum atomic E-state index is -4.55. The first-order valence-corrected chi connectivity index (χ1v) is 13.2. The molecule has 0 radical (unpaired) electrons. The molecule has 11 nitrogen and oxygen atoms in total. The van der Waals surface area contributed by atoms with Gasteiger partial charge in [0.05, 0.1) is 25.9 Å². The van der Waals surface area contributed by atoms with Crippen molar-refractivity contribution in [3.05, 3.63) is 35.9 Å². The monoisotopic (exact) mass is 493 g/mol. The van der Waals surface area contributed by atoms with Crippen LogP contribution in [0.1, 0.15) is 12.5 Å². The molecule has 2 heterocycles.